The van der Waals surface area contributed by atoms with Gasteiger partial charge in [-0.3, -0.25) is 4.79 Å². The van der Waals surface area contributed by atoms with E-state index in [1.54, 1.807) is 6.07 Å². The Hall–Kier alpha value is -1.55. The van der Waals surface area contributed by atoms with Crippen LogP contribution in [0.2, 0.25) is 0 Å². The molecule has 1 saturated carbocycles. The standard InChI is InChI=1S/C15H22N2O2/c1-10-3-6-13(14(18)9-10)11(2)16-8-7-15(19)17-12-4-5-12/h3,6,9,11-12,16,18H,4-5,7-8H2,1-2H3,(H,17,19). The zero-order chi connectivity index (χ0) is 13.8. The Balaban J connectivity index is 1.76. The number of aryl methyl sites for hydroxylation is 1. The van der Waals surface area contributed by atoms with E-state index in [0.717, 1.165) is 24.0 Å². The molecular formula is C15H22N2O2. The SMILES string of the molecule is Cc1ccc(C(C)NCCC(=O)NC2CC2)c(O)c1. The lowest BCUT2D eigenvalue weighted by Gasteiger charge is -2.16. The average molecular weight is 262 g/mol. The average Bonchev–Trinajstić information content (AvgIpc) is 3.12. The molecule has 0 aromatic heterocycles. The van der Waals surface area contributed by atoms with Crippen LogP contribution in [-0.2, 0) is 4.79 Å². The second kappa shape index (κ2) is 6.06. The second-order valence-corrected chi connectivity index (χ2v) is 5.33. The molecule has 1 aromatic rings. The molecule has 0 spiro atoms. The molecule has 0 radical (unpaired) electrons. The Kier molecular flexibility index (Phi) is 4.43. The van der Waals surface area contributed by atoms with Crippen molar-refractivity contribution < 1.29 is 9.90 Å². The summed E-state index contributed by atoms with van der Waals surface area (Å²) in [5, 5.41) is 16.1. The van der Waals surface area contributed by atoms with Crippen LogP contribution in [-0.4, -0.2) is 23.6 Å². The Bertz CT molecular complexity index is 455. The fourth-order valence-corrected chi connectivity index (χ4v) is 2.06. The minimum atomic E-state index is 0.0364. The van der Waals surface area contributed by atoms with E-state index in [-0.39, 0.29) is 11.9 Å². The quantitative estimate of drug-likeness (QED) is 0.735. The summed E-state index contributed by atoms with van der Waals surface area (Å²) in [6.45, 7) is 4.56. The zero-order valence-electron chi connectivity index (χ0n) is 11.6. The van der Waals surface area contributed by atoms with E-state index in [0.29, 0.717) is 24.8 Å². The van der Waals surface area contributed by atoms with Crippen molar-refractivity contribution in [2.45, 2.75) is 45.2 Å². The van der Waals surface area contributed by atoms with E-state index in [9.17, 15) is 9.90 Å². The maximum atomic E-state index is 11.5. The highest BCUT2D eigenvalue weighted by Gasteiger charge is 2.22. The third-order valence-corrected chi connectivity index (χ3v) is 3.40. The van der Waals surface area contributed by atoms with Crippen LogP contribution in [0.5, 0.6) is 5.75 Å². The molecule has 0 saturated heterocycles. The van der Waals surface area contributed by atoms with Gasteiger partial charge in [0.1, 0.15) is 5.75 Å². The molecule has 4 nitrogen and oxygen atoms in total. The number of amides is 1. The van der Waals surface area contributed by atoms with Crippen molar-refractivity contribution in [2.24, 2.45) is 0 Å². The van der Waals surface area contributed by atoms with Crippen LogP contribution < -0.4 is 10.6 Å². The van der Waals surface area contributed by atoms with Gasteiger partial charge >= 0.3 is 0 Å². The van der Waals surface area contributed by atoms with Crippen molar-refractivity contribution in [3.8, 4) is 5.75 Å². The molecule has 1 aliphatic rings. The number of nitrogens with one attached hydrogen (secondary N) is 2. The molecule has 0 bridgehead atoms. The molecule has 0 heterocycles. The predicted octanol–water partition coefficient (Wildman–Crippen LogP) is 2.02. The largest absolute Gasteiger partial charge is 0.508 e. The Morgan fingerprint density at radius 2 is 2.21 bits per heavy atom. The van der Waals surface area contributed by atoms with Crippen LogP contribution in [0, 0.1) is 6.92 Å². The molecule has 1 atom stereocenters. The molecule has 0 aliphatic heterocycles. The number of phenols is 1. The molecule has 104 valence electrons. The summed E-state index contributed by atoms with van der Waals surface area (Å²) in [5.41, 5.74) is 1.91. The fraction of sp³-hybridized carbons (Fsp3) is 0.533. The van der Waals surface area contributed by atoms with Gasteiger partial charge < -0.3 is 15.7 Å². The van der Waals surface area contributed by atoms with Gasteiger partial charge in [0.15, 0.2) is 0 Å². The van der Waals surface area contributed by atoms with E-state index in [4.69, 9.17) is 0 Å². The normalized spacial score (nSPS) is 16.1. The van der Waals surface area contributed by atoms with E-state index >= 15 is 0 Å². The summed E-state index contributed by atoms with van der Waals surface area (Å²) in [4.78, 5) is 11.5. The lowest BCUT2D eigenvalue weighted by Crippen LogP contribution is -2.30. The molecule has 1 amide bonds. The van der Waals surface area contributed by atoms with E-state index < -0.39 is 0 Å². The van der Waals surface area contributed by atoms with Crippen LogP contribution in [0.4, 0.5) is 0 Å². The Labute approximate surface area is 114 Å². The highest BCUT2D eigenvalue weighted by Crippen LogP contribution is 2.24. The predicted molar refractivity (Wildman–Crippen MR) is 75.0 cm³/mol. The summed E-state index contributed by atoms with van der Waals surface area (Å²) < 4.78 is 0. The maximum Gasteiger partial charge on any atom is 0.221 e. The minimum absolute atomic E-state index is 0.0364. The highest BCUT2D eigenvalue weighted by molar-refractivity contribution is 5.76. The van der Waals surface area contributed by atoms with E-state index in [1.807, 2.05) is 26.0 Å². The van der Waals surface area contributed by atoms with Gasteiger partial charge in [0.2, 0.25) is 5.91 Å². The third-order valence-electron chi connectivity index (χ3n) is 3.40. The first-order chi connectivity index (χ1) is 9.06. The van der Waals surface area contributed by atoms with Crippen LogP contribution in [0.25, 0.3) is 0 Å². The van der Waals surface area contributed by atoms with Gasteiger partial charge in [0, 0.05) is 30.6 Å². The van der Waals surface area contributed by atoms with Crippen molar-refractivity contribution in [3.63, 3.8) is 0 Å². The first kappa shape index (κ1) is 13.9. The van der Waals surface area contributed by atoms with Crippen molar-refractivity contribution in [3.05, 3.63) is 29.3 Å². The second-order valence-electron chi connectivity index (χ2n) is 5.33. The lowest BCUT2D eigenvalue weighted by molar-refractivity contribution is -0.121. The number of benzene rings is 1. The topological polar surface area (TPSA) is 61.4 Å². The van der Waals surface area contributed by atoms with Gasteiger partial charge in [-0.05, 0) is 38.3 Å². The van der Waals surface area contributed by atoms with Crippen molar-refractivity contribution in [1.29, 1.82) is 0 Å². The van der Waals surface area contributed by atoms with Gasteiger partial charge in [-0.1, -0.05) is 12.1 Å². The Morgan fingerprint density at radius 1 is 1.47 bits per heavy atom. The first-order valence-corrected chi connectivity index (χ1v) is 6.88. The first-order valence-electron chi connectivity index (χ1n) is 6.88. The van der Waals surface area contributed by atoms with E-state index in [2.05, 4.69) is 10.6 Å². The van der Waals surface area contributed by atoms with Crippen LogP contribution in [0.15, 0.2) is 18.2 Å². The number of phenolic OH excluding ortho intramolecular Hbond substituents is 1. The van der Waals surface area contributed by atoms with Crippen molar-refractivity contribution >= 4 is 5.91 Å². The van der Waals surface area contributed by atoms with Crippen molar-refractivity contribution in [1.82, 2.24) is 10.6 Å². The van der Waals surface area contributed by atoms with Gasteiger partial charge in [-0.2, -0.15) is 0 Å². The monoisotopic (exact) mass is 262 g/mol. The summed E-state index contributed by atoms with van der Waals surface area (Å²) in [5.74, 6) is 0.415. The number of carbonyl (C=O) groups is 1. The Morgan fingerprint density at radius 3 is 2.84 bits per heavy atom. The van der Waals surface area contributed by atoms with Gasteiger partial charge in [-0.15, -0.1) is 0 Å². The summed E-state index contributed by atoms with van der Waals surface area (Å²) >= 11 is 0. The van der Waals surface area contributed by atoms with Crippen LogP contribution >= 0.6 is 0 Å². The summed E-state index contributed by atoms with van der Waals surface area (Å²) in [6.07, 6.45) is 2.72. The molecule has 3 N–H and O–H groups in total. The molecule has 2 rings (SSSR count). The molecule has 1 aromatic carbocycles. The third kappa shape index (κ3) is 4.24. The van der Waals surface area contributed by atoms with Crippen LogP contribution in [0.1, 0.15) is 43.4 Å². The summed E-state index contributed by atoms with van der Waals surface area (Å²) in [6, 6.07) is 6.12. The number of rotatable bonds is 6. The molecule has 1 unspecified atom stereocenters. The maximum absolute atomic E-state index is 11.5. The molecule has 19 heavy (non-hydrogen) atoms. The number of aromatic hydroxyl groups is 1. The fourth-order valence-electron chi connectivity index (χ4n) is 2.06. The molecule has 4 heteroatoms. The molecular weight excluding hydrogens is 240 g/mol. The van der Waals surface area contributed by atoms with Gasteiger partial charge in [0.05, 0.1) is 0 Å². The van der Waals surface area contributed by atoms with E-state index in [1.165, 1.54) is 0 Å². The highest BCUT2D eigenvalue weighted by atomic mass is 16.3. The number of carbonyl (C=O) groups excluding carboxylic acids is 1. The minimum Gasteiger partial charge on any atom is -0.508 e. The van der Waals surface area contributed by atoms with Crippen LogP contribution in [0.3, 0.4) is 0 Å². The summed E-state index contributed by atoms with van der Waals surface area (Å²) in [7, 11) is 0. The smallest absolute Gasteiger partial charge is 0.221 e. The molecule has 1 fully saturated rings. The zero-order valence-corrected chi connectivity index (χ0v) is 11.6. The molecule has 1 aliphatic carbocycles. The number of hydrogen-bond acceptors (Lipinski definition) is 3. The van der Waals surface area contributed by atoms with Gasteiger partial charge in [0.25, 0.3) is 0 Å². The van der Waals surface area contributed by atoms with Crippen molar-refractivity contribution in [2.75, 3.05) is 6.54 Å². The van der Waals surface area contributed by atoms with Gasteiger partial charge in [-0.25, -0.2) is 0 Å². The lowest BCUT2D eigenvalue weighted by atomic mass is 10.1. The number of hydrogen-bond donors (Lipinski definition) is 3.